The van der Waals surface area contributed by atoms with Crippen LogP contribution in [0, 0.1) is 0 Å². The molecule has 0 unspecified atom stereocenters. The summed E-state index contributed by atoms with van der Waals surface area (Å²) in [6, 6.07) is 0.579. The summed E-state index contributed by atoms with van der Waals surface area (Å²) in [4.78, 5) is 18.8. The Hall–Kier alpha value is -0.850. The van der Waals surface area contributed by atoms with Crippen LogP contribution in [-0.4, -0.2) is 90.0 Å². The van der Waals surface area contributed by atoms with Crippen molar-refractivity contribution in [2.24, 2.45) is 0 Å². The largest absolute Gasteiger partial charge is 0.444 e. The van der Waals surface area contributed by atoms with Crippen molar-refractivity contribution in [3.8, 4) is 0 Å². The van der Waals surface area contributed by atoms with E-state index in [1.54, 1.807) is 0 Å². The number of piperazine rings is 1. The van der Waals surface area contributed by atoms with Crippen molar-refractivity contribution in [1.82, 2.24) is 14.7 Å². The third kappa shape index (κ3) is 5.11. The van der Waals surface area contributed by atoms with Crippen molar-refractivity contribution in [3.63, 3.8) is 0 Å². The molecule has 0 bridgehead atoms. The van der Waals surface area contributed by atoms with Gasteiger partial charge in [0.05, 0.1) is 6.61 Å². The molecule has 2 rings (SSSR count). The molecule has 2 fully saturated rings. The van der Waals surface area contributed by atoms with Gasteiger partial charge >= 0.3 is 6.09 Å². The van der Waals surface area contributed by atoms with Crippen LogP contribution in [-0.2, 0) is 4.74 Å². The molecule has 6 nitrogen and oxygen atoms in total. The molecular formula is C16H31N3O3. The van der Waals surface area contributed by atoms with Gasteiger partial charge in [-0.1, -0.05) is 0 Å². The van der Waals surface area contributed by atoms with E-state index in [4.69, 9.17) is 9.84 Å². The standard InChI is InChI=1S/C16H31N3O3/c1-16(2,3)22-15(21)19-6-4-14(5-7-19)18-10-8-17(9-11-18)12-13-20/h14,20H,4-13H2,1-3H3. The number of likely N-dealkylation sites (tertiary alicyclic amines) is 1. The fraction of sp³-hybridized carbons (Fsp3) is 0.938. The van der Waals surface area contributed by atoms with E-state index >= 15 is 0 Å². The minimum absolute atomic E-state index is 0.182. The van der Waals surface area contributed by atoms with Gasteiger partial charge in [-0.15, -0.1) is 0 Å². The van der Waals surface area contributed by atoms with Crippen LogP contribution in [0.15, 0.2) is 0 Å². The number of aliphatic hydroxyl groups is 1. The molecule has 2 saturated heterocycles. The van der Waals surface area contributed by atoms with E-state index in [0.29, 0.717) is 6.04 Å². The van der Waals surface area contributed by atoms with Gasteiger partial charge in [0.2, 0.25) is 0 Å². The Morgan fingerprint density at radius 1 is 1.09 bits per heavy atom. The molecule has 0 atom stereocenters. The first-order chi connectivity index (χ1) is 10.4. The van der Waals surface area contributed by atoms with Gasteiger partial charge in [-0.3, -0.25) is 9.80 Å². The monoisotopic (exact) mass is 313 g/mol. The van der Waals surface area contributed by atoms with Crippen molar-refractivity contribution < 1.29 is 14.6 Å². The lowest BCUT2D eigenvalue weighted by Gasteiger charge is -2.42. The van der Waals surface area contributed by atoms with Crippen LogP contribution in [0.4, 0.5) is 4.79 Å². The molecule has 0 aromatic rings. The van der Waals surface area contributed by atoms with Gasteiger partial charge in [0, 0.05) is 51.9 Å². The zero-order valence-corrected chi connectivity index (χ0v) is 14.3. The molecule has 2 heterocycles. The summed E-state index contributed by atoms with van der Waals surface area (Å²) >= 11 is 0. The maximum Gasteiger partial charge on any atom is 0.410 e. The van der Waals surface area contributed by atoms with Crippen molar-refractivity contribution in [2.45, 2.75) is 45.3 Å². The fourth-order valence-corrected chi connectivity index (χ4v) is 3.23. The molecule has 0 aromatic heterocycles. The number of hydrogen-bond donors (Lipinski definition) is 1. The summed E-state index contributed by atoms with van der Waals surface area (Å²) in [7, 11) is 0. The molecule has 1 amide bonds. The molecular weight excluding hydrogens is 282 g/mol. The Morgan fingerprint density at radius 3 is 2.18 bits per heavy atom. The van der Waals surface area contributed by atoms with Crippen LogP contribution in [0.25, 0.3) is 0 Å². The Morgan fingerprint density at radius 2 is 1.68 bits per heavy atom. The van der Waals surface area contributed by atoms with E-state index < -0.39 is 5.60 Å². The molecule has 0 aliphatic carbocycles. The molecule has 2 aliphatic rings. The number of nitrogens with zero attached hydrogens (tertiary/aromatic N) is 3. The number of ether oxygens (including phenoxy) is 1. The van der Waals surface area contributed by atoms with Crippen molar-refractivity contribution >= 4 is 6.09 Å². The molecule has 128 valence electrons. The smallest absolute Gasteiger partial charge is 0.410 e. The van der Waals surface area contributed by atoms with Crippen LogP contribution >= 0.6 is 0 Å². The van der Waals surface area contributed by atoms with Crippen LogP contribution in [0.5, 0.6) is 0 Å². The second kappa shape index (κ2) is 7.62. The molecule has 6 heteroatoms. The minimum Gasteiger partial charge on any atom is -0.444 e. The second-order valence-corrected chi connectivity index (χ2v) is 7.30. The highest BCUT2D eigenvalue weighted by molar-refractivity contribution is 5.68. The molecule has 2 aliphatic heterocycles. The normalized spacial score (nSPS) is 22.8. The summed E-state index contributed by atoms with van der Waals surface area (Å²) in [5.41, 5.74) is -0.420. The minimum atomic E-state index is -0.420. The fourth-order valence-electron chi connectivity index (χ4n) is 3.23. The number of aliphatic hydroxyl groups excluding tert-OH is 1. The zero-order chi connectivity index (χ0) is 16.2. The molecule has 0 spiro atoms. The molecule has 0 aromatic carbocycles. The predicted molar refractivity (Wildman–Crippen MR) is 85.9 cm³/mol. The van der Waals surface area contributed by atoms with E-state index in [1.807, 2.05) is 25.7 Å². The summed E-state index contributed by atoms with van der Waals surface area (Å²) in [6.45, 7) is 12.5. The number of carbonyl (C=O) groups is 1. The number of β-amino-alcohol motifs (C(OH)–C–C–N with tert-alkyl or cyclic N) is 1. The Bertz CT molecular complexity index is 354. The van der Waals surface area contributed by atoms with Crippen molar-refractivity contribution in [3.05, 3.63) is 0 Å². The lowest BCUT2D eigenvalue weighted by molar-refractivity contribution is 0.00947. The Kier molecular flexibility index (Phi) is 6.06. The zero-order valence-electron chi connectivity index (χ0n) is 14.3. The third-order valence-electron chi connectivity index (χ3n) is 4.46. The van der Waals surface area contributed by atoms with Gasteiger partial charge in [-0.25, -0.2) is 4.79 Å². The maximum atomic E-state index is 12.1. The molecule has 0 radical (unpaired) electrons. The molecule has 1 N–H and O–H groups in total. The lowest BCUT2D eigenvalue weighted by atomic mass is 10.0. The van der Waals surface area contributed by atoms with E-state index in [0.717, 1.165) is 58.7 Å². The van der Waals surface area contributed by atoms with Gasteiger partial charge in [-0.05, 0) is 33.6 Å². The van der Waals surface area contributed by atoms with Crippen LogP contribution in [0.3, 0.4) is 0 Å². The summed E-state index contributed by atoms with van der Waals surface area (Å²) < 4.78 is 5.44. The van der Waals surface area contributed by atoms with Crippen LogP contribution in [0.1, 0.15) is 33.6 Å². The highest BCUT2D eigenvalue weighted by Gasteiger charge is 2.30. The lowest BCUT2D eigenvalue weighted by Crippen LogP contribution is -2.54. The van der Waals surface area contributed by atoms with Gasteiger partial charge in [0.15, 0.2) is 0 Å². The average molecular weight is 313 g/mol. The number of hydrogen-bond acceptors (Lipinski definition) is 5. The van der Waals surface area contributed by atoms with E-state index in [9.17, 15) is 4.79 Å². The van der Waals surface area contributed by atoms with Gasteiger partial charge in [0.1, 0.15) is 5.60 Å². The Labute approximate surface area is 134 Å². The maximum absolute atomic E-state index is 12.1. The SMILES string of the molecule is CC(C)(C)OC(=O)N1CCC(N2CCN(CCO)CC2)CC1. The molecule has 0 saturated carbocycles. The second-order valence-electron chi connectivity index (χ2n) is 7.30. The summed E-state index contributed by atoms with van der Waals surface area (Å²) in [5.74, 6) is 0. The number of amides is 1. The average Bonchev–Trinajstić information content (AvgIpc) is 2.47. The first-order valence-electron chi connectivity index (χ1n) is 8.44. The number of rotatable bonds is 3. The van der Waals surface area contributed by atoms with Crippen molar-refractivity contribution in [1.29, 1.82) is 0 Å². The third-order valence-corrected chi connectivity index (χ3v) is 4.46. The number of carbonyl (C=O) groups excluding carboxylic acids is 1. The summed E-state index contributed by atoms with van der Waals surface area (Å²) in [5, 5.41) is 8.99. The quantitative estimate of drug-likeness (QED) is 0.842. The number of piperidine rings is 1. The highest BCUT2D eigenvalue weighted by atomic mass is 16.6. The highest BCUT2D eigenvalue weighted by Crippen LogP contribution is 2.20. The predicted octanol–water partition coefficient (Wildman–Crippen LogP) is 0.996. The van der Waals surface area contributed by atoms with Gasteiger partial charge in [0.25, 0.3) is 0 Å². The van der Waals surface area contributed by atoms with E-state index in [2.05, 4.69) is 9.80 Å². The first kappa shape index (κ1) is 17.5. The topological polar surface area (TPSA) is 56.2 Å². The summed E-state index contributed by atoms with van der Waals surface area (Å²) in [6.07, 6.45) is 1.87. The van der Waals surface area contributed by atoms with Crippen LogP contribution < -0.4 is 0 Å². The molecule has 22 heavy (non-hydrogen) atoms. The van der Waals surface area contributed by atoms with E-state index in [-0.39, 0.29) is 12.7 Å². The first-order valence-corrected chi connectivity index (χ1v) is 8.44. The Balaban J connectivity index is 1.72. The van der Waals surface area contributed by atoms with Gasteiger partial charge < -0.3 is 14.7 Å². The van der Waals surface area contributed by atoms with Gasteiger partial charge in [-0.2, -0.15) is 0 Å². The van der Waals surface area contributed by atoms with Crippen molar-refractivity contribution in [2.75, 3.05) is 52.4 Å². The van der Waals surface area contributed by atoms with E-state index in [1.165, 1.54) is 0 Å². The van der Waals surface area contributed by atoms with Crippen LogP contribution in [0.2, 0.25) is 0 Å².